The maximum absolute atomic E-state index is 11.6. The summed E-state index contributed by atoms with van der Waals surface area (Å²) in [6.45, 7) is 0. The maximum atomic E-state index is 11.6. The molecule has 0 atom stereocenters. The van der Waals surface area contributed by atoms with Crippen LogP contribution in [0.2, 0.25) is 5.15 Å². The highest BCUT2D eigenvalue weighted by molar-refractivity contribution is 8.01. The van der Waals surface area contributed by atoms with Gasteiger partial charge in [0.15, 0.2) is 9.49 Å². The molecule has 5 nitrogen and oxygen atoms in total. The number of amides is 1. The molecule has 0 saturated heterocycles. The first-order valence-electron chi connectivity index (χ1n) is 4.55. The molecule has 0 aliphatic rings. The minimum atomic E-state index is -0.153. The standard InChI is InChI=1S/C9H7ClN4OS2/c10-8-6(2-1-3-11-8)13-7(15)4-16-9-14-12-5-17-9/h1-3,5H,4H2,(H,13,15). The van der Waals surface area contributed by atoms with Crippen molar-refractivity contribution in [1.82, 2.24) is 15.2 Å². The molecule has 88 valence electrons. The van der Waals surface area contributed by atoms with Crippen molar-refractivity contribution in [3.05, 3.63) is 29.0 Å². The molecular weight excluding hydrogens is 280 g/mol. The Morgan fingerprint density at radius 2 is 2.47 bits per heavy atom. The van der Waals surface area contributed by atoms with Gasteiger partial charge in [0.1, 0.15) is 5.51 Å². The molecule has 0 bridgehead atoms. The molecule has 17 heavy (non-hydrogen) atoms. The Kier molecular flexibility index (Phi) is 4.29. The van der Waals surface area contributed by atoms with Crippen LogP contribution in [-0.2, 0) is 4.79 Å². The van der Waals surface area contributed by atoms with Gasteiger partial charge in [-0.2, -0.15) is 0 Å². The smallest absolute Gasteiger partial charge is 0.234 e. The lowest BCUT2D eigenvalue weighted by Crippen LogP contribution is -2.14. The number of hydrogen-bond donors (Lipinski definition) is 1. The van der Waals surface area contributed by atoms with Crippen LogP contribution >= 0.6 is 34.7 Å². The van der Waals surface area contributed by atoms with Gasteiger partial charge in [-0.25, -0.2) is 4.98 Å². The van der Waals surface area contributed by atoms with E-state index in [4.69, 9.17) is 11.6 Å². The van der Waals surface area contributed by atoms with Crippen molar-refractivity contribution in [3.8, 4) is 0 Å². The molecule has 2 heterocycles. The summed E-state index contributed by atoms with van der Waals surface area (Å²) in [4.78, 5) is 15.5. The zero-order valence-electron chi connectivity index (χ0n) is 8.46. The van der Waals surface area contributed by atoms with Gasteiger partial charge in [-0.3, -0.25) is 4.79 Å². The summed E-state index contributed by atoms with van der Waals surface area (Å²) in [5.41, 5.74) is 2.13. The molecule has 8 heteroatoms. The number of anilines is 1. The van der Waals surface area contributed by atoms with Gasteiger partial charge in [0.05, 0.1) is 11.4 Å². The molecule has 0 unspecified atom stereocenters. The third-order valence-electron chi connectivity index (χ3n) is 1.70. The van der Waals surface area contributed by atoms with E-state index in [1.165, 1.54) is 23.1 Å². The van der Waals surface area contributed by atoms with Crippen LogP contribution in [0, 0.1) is 0 Å². The van der Waals surface area contributed by atoms with E-state index >= 15 is 0 Å². The van der Waals surface area contributed by atoms with E-state index in [-0.39, 0.29) is 16.8 Å². The SMILES string of the molecule is O=C(CSc1nncs1)Nc1cccnc1Cl. The van der Waals surface area contributed by atoms with E-state index in [1.807, 2.05) is 0 Å². The molecule has 1 amide bonds. The Labute approximate surface area is 111 Å². The maximum Gasteiger partial charge on any atom is 0.234 e. The van der Waals surface area contributed by atoms with Gasteiger partial charge in [-0.15, -0.1) is 10.2 Å². The molecule has 2 aromatic rings. The summed E-state index contributed by atoms with van der Waals surface area (Å²) in [5.74, 6) is 0.112. The molecule has 0 radical (unpaired) electrons. The minimum Gasteiger partial charge on any atom is -0.323 e. The lowest BCUT2D eigenvalue weighted by atomic mass is 10.4. The van der Waals surface area contributed by atoms with Gasteiger partial charge in [0.2, 0.25) is 5.91 Å². The third kappa shape index (κ3) is 3.65. The number of pyridine rings is 1. The molecule has 0 saturated carbocycles. The van der Waals surface area contributed by atoms with E-state index in [2.05, 4.69) is 20.5 Å². The minimum absolute atomic E-state index is 0.153. The summed E-state index contributed by atoms with van der Waals surface area (Å²) in [6, 6.07) is 3.40. The average Bonchev–Trinajstić information content (AvgIpc) is 2.82. The van der Waals surface area contributed by atoms with Gasteiger partial charge in [-0.1, -0.05) is 34.7 Å². The van der Waals surface area contributed by atoms with E-state index < -0.39 is 0 Å². The van der Waals surface area contributed by atoms with E-state index in [9.17, 15) is 4.79 Å². The summed E-state index contributed by atoms with van der Waals surface area (Å²) < 4.78 is 0.762. The third-order valence-corrected chi connectivity index (χ3v) is 3.86. The monoisotopic (exact) mass is 286 g/mol. The number of carbonyl (C=O) groups excluding carboxylic acids is 1. The topological polar surface area (TPSA) is 67.8 Å². The van der Waals surface area contributed by atoms with Crippen molar-refractivity contribution in [2.45, 2.75) is 4.34 Å². The number of aromatic nitrogens is 3. The highest BCUT2D eigenvalue weighted by atomic mass is 35.5. The van der Waals surface area contributed by atoms with E-state index in [1.54, 1.807) is 23.8 Å². The summed E-state index contributed by atoms with van der Waals surface area (Å²) in [5, 5.41) is 10.5. The fourth-order valence-corrected chi connectivity index (χ4v) is 2.47. The number of thioether (sulfide) groups is 1. The highest BCUT2D eigenvalue weighted by Gasteiger charge is 2.07. The molecule has 0 spiro atoms. The molecule has 0 aromatic carbocycles. The van der Waals surface area contributed by atoms with Crippen LogP contribution in [0.5, 0.6) is 0 Å². The lowest BCUT2D eigenvalue weighted by Gasteiger charge is -2.04. The molecule has 0 aliphatic heterocycles. The Morgan fingerprint density at radius 1 is 1.59 bits per heavy atom. The predicted octanol–water partition coefficient (Wildman–Crippen LogP) is 2.32. The Balaban J connectivity index is 1.87. The Hall–Kier alpha value is -1.18. The largest absolute Gasteiger partial charge is 0.323 e. The molecule has 1 N–H and O–H groups in total. The molecular formula is C9H7ClN4OS2. The van der Waals surface area contributed by atoms with Crippen LogP contribution in [0.3, 0.4) is 0 Å². The van der Waals surface area contributed by atoms with E-state index in [0.717, 1.165) is 4.34 Å². The number of carbonyl (C=O) groups is 1. The number of rotatable bonds is 4. The van der Waals surface area contributed by atoms with Crippen LogP contribution < -0.4 is 5.32 Å². The Morgan fingerprint density at radius 3 is 3.18 bits per heavy atom. The first kappa shape index (κ1) is 12.3. The second-order valence-corrected chi connectivity index (χ2v) is 5.30. The second-order valence-electron chi connectivity index (χ2n) is 2.88. The van der Waals surface area contributed by atoms with Crippen molar-refractivity contribution in [1.29, 1.82) is 0 Å². The van der Waals surface area contributed by atoms with Crippen molar-refractivity contribution in [2.24, 2.45) is 0 Å². The lowest BCUT2D eigenvalue weighted by molar-refractivity contribution is -0.113. The summed E-state index contributed by atoms with van der Waals surface area (Å²) >= 11 is 8.54. The van der Waals surface area contributed by atoms with Gasteiger partial charge in [-0.05, 0) is 12.1 Å². The first-order valence-corrected chi connectivity index (χ1v) is 6.79. The van der Waals surface area contributed by atoms with E-state index in [0.29, 0.717) is 5.69 Å². The fourth-order valence-electron chi connectivity index (χ4n) is 1.02. The van der Waals surface area contributed by atoms with Crippen LogP contribution in [0.4, 0.5) is 5.69 Å². The van der Waals surface area contributed by atoms with Crippen molar-refractivity contribution in [2.75, 3.05) is 11.1 Å². The van der Waals surface area contributed by atoms with Crippen LogP contribution in [0.25, 0.3) is 0 Å². The molecule has 0 fully saturated rings. The number of halogens is 1. The molecule has 2 aromatic heterocycles. The zero-order valence-corrected chi connectivity index (χ0v) is 10.8. The number of nitrogens with zero attached hydrogens (tertiary/aromatic N) is 3. The van der Waals surface area contributed by atoms with Crippen LogP contribution in [0.1, 0.15) is 0 Å². The Bertz CT molecular complexity index is 505. The van der Waals surface area contributed by atoms with Crippen LogP contribution in [0.15, 0.2) is 28.2 Å². The first-order chi connectivity index (χ1) is 8.25. The van der Waals surface area contributed by atoms with Crippen molar-refractivity contribution < 1.29 is 4.79 Å². The second kappa shape index (κ2) is 5.95. The summed E-state index contributed by atoms with van der Waals surface area (Å²) in [6.07, 6.45) is 1.56. The quantitative estimate of drug-likeness (QED) is 0.690. The number of hydrogen-bond acceptors (Lipinski definition) is 6. The molecule has 2 rings (SSSR count). The predicted molar refractivity (Wildman–Crippen MR) is 68.5 cm³/mol. The van der Waals surface area contributed by atoms with Crippen molar-refractivity contribution >= 4 is 46.3 Å². The average molecular weight is 287 g/mol. The number of nitrogens with one attached hydrogen (secondary N) is 1. The van der Waals surface area contributed by atoms with Crippen LogP contribution in [-0.4, -0.2) is 26.8 Å². The molecule has 0 aliphatic carbocycles. The normalized spacial score (nSPS) is 10.2. The van der Waals surface area contributed by atoms with Gasteiger partial charge < -0.3 is 5.32 Å². The summed E-state index contributed by atoms with van der Waals surface area (Å²) in [7, 11) is 0. The zero-order chi connectivity index (χ0) is 12.1. The van der Waals surface area contributed by atoms with Gasteiger partial charge in [0.25, 0.3) is 0 Å². The highest BCUT2D eigenvalue weighted by Crippen LogP contribution is 2.21. The fraction of sp³-hybridized carbons (Fsp3) is 0.111. The van der Waals surface area contributed by atoms with Crippen molar-refractivity contribution in [3.63, 3.8) is 0 Å². The van der Waals surface area contributed by atoms with Gasteiger partial charge in [0, 0.05) is 6.20 Å². The van der Waals surface area contributed by atoms with Gasteiger partial charge >= 0.3 is 0 Å².